The van der Waals surface area contributed by atoms with Crippen molar-refractivity contribution in [3.8, 4) is 11.3 Å². The molecule has 0 aliphatic rings. The number of nitrogens with zero attached hydrogens (tertiary/aromatic N) is 5. The summed E-state index contributed by atoms with van der Waals surface area (Å²) in [5.74, 6) is -0.314. The van der Waals surface area contributed by atoms with Crippen molar-refractivity contribution in [2.45, 2.75) is 6.54 Å². The first-order chi connectivity index (χ1) is 12.6. The molecule has 0 aliphatic carbocycles. The number of fused-ring (bicyclic) bond motifs is 1. The van der Waals surface area contributed by atoms with Gasteiger partial charge in [-0.15, -0.1) is 0 Å². The van der Waals surface area contributed by atoms with Crippen LogP contribution in [0, 0.1) is 0 Å². The molecule has 0 fully saturated rings. The van der Waals surface area contributed by atoms with Gasteiger partial charge in [-0.25, -0.2) is 14.5 Å². The van der Waals surface area contributed by atoms with E-state index in [9.17, 15) is 9.59 Å². The second-order valence-corrected chi connectivity index (χ2v) is 5.90. The molecule has 0 bridgehead atoms. The molecular formula is C18H16N6O2. The molecule has 3 aromatic heterocycles. The lowest BCUT2D eigenvalue weighted by Gasteiger charge is -2.05. The second-order valence-electron chi connectivity index (χ2n) is 5.90. The Morgan fingerprint density at radius 3 is 2.65 bits per heavy atom. The van der Waals surface area contributed by atoms with Gasteiger partial charge in [-0.05, 0) is 24.3 Å². The van der Waals surface area contributed by atoms with Crippen LogP contribution in [-0.2, 0) is 18.4 Å². The van der Waals surface area contributed by atoms with Gasteiger partial charge in [0.15, 0.2) is 0 Å². The minimum Gasteiger partial charge on any atom is -0.324 e. The number of hydrogen-bond donors (Lipinski definition) is 1. The summed E-state index contributed by atoms with van der Waals surface area (Å²) in [4.78, 5) is 28.4. The van der Waals surface area contributed by atoms with E-state index in [1.54, 1.807) is 19.2 Å². The van der Waals surface area contributed by atoms with E-state index in [4.69, 9.17) is 0 Å². The van der Waals surface area contributed by atoms with Gasteiger partial charge >= 0.3 is 5.69 Å². The SMILES string of the molecule is Cn1cnn(CC(=O)Nc2ccc(-c3cn4ccccc4n3)cc2)c1=O. The maximum absolute atomic E-state index is 12.1. The van der Waals surface area contributed by atoms with Gasteiger partial charge in [0.2, 0.25) is 5.91 Å². The van der Waals surface area contributed by atoms with Gasteiger partial charge in [-0.3, -0.25) is 9.36 Å². The van der Waals surface area contributed by atoms with Crippen molar-refractivity contribution in [3.63, 3.8) is 0 Å². The zero-order valence-electron chi connectivity index (χ0n) is 14.0. The summed E-state index contributed by atoms with van der Waals surface area (Å²) in [6, 6.07) is 13.2. The van der Waals surface area contributed by atoms with Crippen LogP contribution in [0.1, 0.15) is 0 Å². The van der Waals surface area contributed by atoms with Crippen molar-refractivity contribution < 1.29 is 4.79 Å². The van der Waals surface area contributed by atoms with Gasteiger partial charge in [0.1, 0.15) is 18.5 Å². The Bertz CT molecular complexity index is 1100. The lowest BCUT2D eigenvalue weighted by atomic mass is 10.1. The fourth-order valence-electron chi connectivity index (χ4n) is 2.66. The third-order valence-corrected chi connectivity index (χ3v) is 4.01. The molecular weight excluding hydrogens is 332 g/mol. The van der Waals surface area contributed by atoms with Crippen molar-refractivity contribution in [1.29, 1.82) is 0 Å². The monoisotopic (exact) mass is 348 g/mol. The summed E-state index contributed by atoms with van der Waals surface area (Å²) in [5.41, 5.74) is 3.00. The van der Waals surface area contributed by atoms with E-state index in [0.29, 0.717) is 5.69 Å². The summed E-state index contributed by atoms with van der Waals surface area (Å²) in [7, 11) is 1.59. The number of carbonyl (C=O) groups is 1. The van der Waals surface area contributed by atoms with Crippen molar-refractivity contribution in [2.24, 2.45) is 7.05 Å². The first-order valence-electron chi connectivity index (χ1n) is 8.02. The fraction of sp³-hybridized carbons (Fsp3) is 0.111. The predicted molar refractivity (Wildman–Crippen MR) is 96.7 cm³/mol. The molecule has 130 valence electrons. The maximum Gasteiger partial charge on any atom is 0.345 e. The molecule has 0 unspecified atom stereocenters. The van der Waals surface area contributed by atoms with Crippen molar-refractivity contribution >= 4 is 17.2 Å². The highest BCUT2D eigenvalue weighted by atomic mass is 16.2. The Morgan fingerprint density at radius 1 is 1.15 bits per heavy atom. The van der Waals surface area contributed by atoms with Crippen LogP contribution in [0.25, 0.3) is 16.9 Å². The van der Waals surface area contributed by atoms with E-state index in [2.05, 4.69) is 15.4 Å². The van der Waals surface area contributed by atoms with Gasteiger partial charge in [0.25, 0.3) is 0 Å². The molecule has 8 nitrogen and oxygen atoms in total. The Morgan fingerprint density at radius 2 is 1.96 bits per heavy atom. The summed E-state index contributed by atoms with van der Waals surface area (Å²) < 4.78 is 4.38. The number of rotatable bonds is 4. The van der Waals surface area contributed by atoms with Gasteiger partial charge < -0.3 is 9.72 Å². The number of benzene rings is 1. The normalized spacial score (nSPS) is 11.0. The van der Waals surface area contributed by atoms with Crippen LogP contribution in [0.2, 0.25) is 0 Å². The molecule has 3 heterocycles. The summed E-state index contributed by atoms with van der Waals surface area (Å²) in [6.45, 7) is -0.131. The van der Waals surface area contributed by atoms with Gasteiger partial charge in [0, 0.05) is 30.7 Å². The van der Waals surface area contributed by atoms with Crippen LogP contribution in [0.4, 0.5) is 5.69 Å². The number of nitrogens with one attached hydrogen (secondary N) is 1. The predicted octanol–water partition coefficient (Wildman–Crippen LogP) is 1.54. The van der Waals surface area contributed by atoms with E-state index in [1.165, 1.54) is 10.9 Å². The Hall–Kier alpha value is -3.68. The van der Waals surface area contributed by atoms with Crippen molar-refractivity contribution in [3.05, 3.63) is 71.7 Å². The minimum atomic E-state index is -0.331. The zero-order valence-corrected chi connectivity index (χ0v) is 14.0. The van der Waals surface area contributed by atoms with E-state index >= 15 is 0 Å². The molecule has 4 aromatic rings. The first kappa shape index (κ1) is 15.8. The average molecular weight is 348 g/mol. The number of pyridine rings is 1. The van der Waals surface area contributed by atoms with Gasteiger partial charge in [-0.1, -0.05) is 18.2 Å². The first-order valence-corrected chi connectivity index (χ1v) is 8.02. The van der Waals surface area contributed by atoms with Crippen LogP contribution in [0.15, 0.2) is 66.0 Å². The molecule has 0 radical (unpaired) electrons. The van der Waals surface area contributed by atoms with Crippen LogP contribution in [0.3, 0.4) is 0 Å². The van der Waals surface area contributed by atoms with Crippen LogP contribution >= 0.6 is 0 Å². The largest absolute Gasteiger partial charge is 0.345 e. The highest BCUT2D eigenvalue weighted by Crippen LogP contribution is 2.21. The smallest absolute Gasteiger partial charge is 0.324 e. The standard InChI is InChI=1S/C18H16N6O2/c1-22-12-19-24(18(22)26)11-17(25)20-14-7-5-13(6-8-14)15-10-23-9-3-2-4-16(23)21-15/h2-10,12H,11H2,1H3,(H,20,25). The molecule has 0 spiro atoms. The lowest BCUT2D eigenvalue weighted by Crippen LogP contribution is -2.29. The minimum absolute atomic E-state index is 0.131. The third kappa shape index (κ3) is 3.00. The van der Waals surface area contributed by atoms with E-state index < -0.39 is 0 Å². The number of carbonyl (C=O) groups excluding carboxylic acids is 1. The Kier molecular flexibility index (Phi) is 3.85. The summed E-state index contributed by atoms with van der Waals surface area (Å²) in [5, 5.41) is 6.63. The van der Waals surface area contributed by atoms with E-state index in [1.807, 2.05) is 47.1 Å². The molecule has 1 N–H and O–H groups in total. The van der Waals surface area contributed by atoms with Crippen LogP contribution < -0.4 is 11.0 Å². The highest BCUT2D eigenvalue weighted by molar-refractivity contribution is 5.90. The number of aryl methyl sites for hydroxylation is 1. The van der Waals surface area contributed by atoms with Crippen molar-refractivity contribution in [2.75, 3.05) is 5.32 Å². The number of anilines is 1. The summed E-state index contributed by atoms with van der Waals surface area (Å²) >= 11 is 0. The number of imidazole rings is 1. The maximum atomic E-state index is 12.1. The van der Waals surface area contributed by atoms with Crippen molar-refractivity contribution in [1.82, 2.24) is 23.7 Å². The number of aromatic nitrogens is 5. The zero-order chi connectivity index (χ0) is 18.1. The average Bonchev–Trinajstić information content (AvgIpc) is 3.21. The molecule has 0 saturated carbocycles. The molecule has 26 heavy (non-hydrogen) atoms. The van der Waals surface area contributed by atoms with Crippen LogP contribution in [-0.4, -0.2) is 29.6 Å². The number of hydrogen-bond acceptors (Lipinski definition) is 4. The van der Waals surface area contributed by atoms with E-state index in [0.717, 1.165) is 21.6 Å². The molecule has 4 rings (SSSR count). The Balaban J connectivity index is 1.48. The van der Waals surface area contributed by atoms with Gasteiger partial charge in [0.05, 0.1) is 5.69 Å². The molecule has 8 heteroatoms. The molecule has 0 atom stereocenters. The molecule has 0 saturated heterocycles. The fourth-order valence-corrected chi connectivity index (χ4v) is 2.66. The lowest BCUT2D eigenvalue weighted by molar-refractivity contribution is -0.117. The molecule has 1 amide bonds. The second kappa shape index (κ2) is 6.32. The topological polar surface area (TPSA) is 86.2 Å². The van der Waals surface area contributed by atoms with Crippen LogP contribution in [0.5, 0.6) is 0 Å². The molecule has 0 aliphatic heterocycles. The Labute approximate surface area is 148 Å². The quantitative estimate of drug-likeness (QED) is 0.606. The van der Waals surface area contributed by atoms with Gasteiger partial charge in [-0.2, -0.15) is 5.10 Å². The third-order valence-electron chi connectivity index (χ3n) is 4.01. The summed E-state index contributed by atoms with van der Waals surface area (Å²) in [6.07, 6.45) is 5.27. The molecule has 1 aromatic carbocycles. The van der Waals surface area contributed by atoms with E-state index in [-0.39, 0.29) is 18.1 Å². The number of amides is 1. The highest BCUT2D eigenvalue weighted by Gasteiger charge is 2.09.